The summed E-state index contributed by atoms with van der Waals surface area (Å²) in [6.45, 7) is 0.521. The Balaban J connectivity index is 0.00000361. The Bertz CT molecular complexity index is 295. The minimum absolute atomic E-state index is 0. The van der Waals surface area contributed by atoms with Crippen LogP contribution in [0.15, 0.2) is 0 Å². The molecule has 0 heterocycles. The summed E-state index contributed by atoms with van der Waals surface area (Å²) >= 11 is 0. The normalized spacial score (nSPS) is 24.6. The highest BCUT2D eigenvalue weighted by Gasteiger charge is 2.41. The Morgan fingerprint density at radius 3 is 2.35 bits per heavy atom. The first-order chi connectivity index (χ1) is 8.84. The van der Waals surface area contributed by atoms with Gasteiger partial charge in [-0.3, -0.25) is 4.79 Å². The lowest BCUT2D eigenvalue weighted by atomic mass is 9.81. The van der Waals surface area contributed by atoms with E-state index >= 15 is 0 Å². The van der Waals surface area contributed by atoms with Gasteiger partial charge in [0.25, 0.3) is 0 Å². The highest BCUT2D eigenvalue weighted by molar-refractivity contribution is 5.85. The van der Waals surface area contributed by atoms with Crippen molar-refractivity contribution in [1.29, 1.82) is 0 Å². The summed E-state index contributed by atoms with van der Waals surface area (Å²) in [5.74, 6) is -1.40. The van der Waals surface area contributed by atoms with E-state index in [9.17, 15) is 18.0 Å². The Labute approximate surface area is 123 Å². The van der Waals surface area contributed by atoms with Crippen LogP contribution in [0.1, 0.15) is 25.7 Å². The van der Waals surface area contributed by atoms with Gasteiger partial charge in [-0.05, 0) is 31.6 Å². The van der Waals surface area contributed by atoms with Gasteiger partial charge in [0, 0.05) is 13.7 Å². The third kappa shape index (κ3) is 6.28. The topological polar surface area (TPSA) is 64.3 Å². The Hall–Kier alpha value is -0.530. The van der Waals surface area contributed by atoms with Crippen LogP contribution in [0.4, 0.5) is 13.2 Å². The highest BCUT2D eigenvalue weighted by atomic mass is 35.5. The van der Waals surface area contributed by atoms with Gasteiger partial charge in [-0.2, -0.15) is 13.2 Å². The average Bonchev–Trinajstić information content (AvgIpc) is 2.35. The van der Waals surface area contributed by atoms with E-state index in [1.54, 1.807) is 0 Å². The fourth-order valence-corrected chi connectivity index (χ4v) is 2.33. The van der Waals surface area contributed by atoms with Gasteiger partial charge in [0.05, 0.1) is 12.5 Å². The molecule has 0 aromatic heterocycles. The number of nitrogens with two attached hydrogens (primary N) is 1. The molecule has 0 saturated heterocycles. The van der Waals surface area contributed by atoms with Gasteiger partial charge in [-0.25, -0.2) is 0 Å². The number of carbonyl (C=O) groups excluding carboxylic acids is 1. The molecule has 4 nitrogen and oxygen atoms in total. The maximum absolute atomic E-state index is 12.5. The van der Waals surface area contributed by atoms with E-state index in [0.29, 0.717) is 19.4 Å². The first-order valence-corrected chi connectivity index (χ1v) is 6.43. The van der Waals surface area contributed by atoms with Gasteiger partial charge < -0.3 is 15.8 Å². The number of ether oxygens (including phenoxy) is 1. The third-order valence-electron chi connectivity index (χ3n) is 3.56. The molecule has 120 valence electrons. The molecule has 0 bridgehead atoms. The van der Waals surface area contributed by atoms with Crippen molar-refractivity contribution >= 4 is 18.3 Å². The number of hydrogen-bond acceptors (Lipinski definition) is 3. The summed E-state index contributed by atoms with van der Waals surface area (Å²) in [4.78, 5) is 11.5. The smallest absolute Gasteiger partial charge is 0.383 e. The zero-order chi connectivity index (χ0) is 14.5. The van der Waals surface area contributed by atoms with Crippen LogP contribution < -0.4 is 11.1 Å². The molecule has 1 aliphatic carbocycles. The van der Waals surface area contributed by atoms with Gasteiger partial charge in [0.1, 0.15) is 6.04 Å². The fourth-order valence-electron chi connectivity index (χ4n) is 2.33. The molecule has 3 N–H and O–H groups in total. The molecule has 1 rings (SSSR count). The van der Waals surface area contributed by atoms with Crippen molar-refractivity contribution in [3.05, 3.63) is 0 Å². The number of hydrogen-bond donors (Lipinski definition) is 2. The summed E-state index contributed by atoms with van der Waals surface area (Å²) in [6.07, 6.45) is -2.81. The molecule has 1 amide bonds. The second-order valence-electron chi connectivity index (χ2n) is 5.07. The molecule has 1 atom stereocenters. The third-order valence-corrected chi connectivity index (χ3v) is 3.56. The van der Waals surface area contributed by atoms with Crippen molar-refractivity contribution in [2.45, 2.75) is 37.9 Å². The molecular formula is C12H22ClF3N2O2. The molecule has 0 aliphatic heterocycles. The lowest BCUT2D eigenvalue weighted by Crippen LogP contribution is -2.45. The van der Waals surface area contributed by atoms with E-state index < -0.39 is 18.1 Å². The quantitative estimate of drug-likeness (QED) is 0.813. The van der Waals surface area contributed by atoms with Gasteiger partial charge >= 0.3 is 6.18 Å². The van der Waals surface area contributed by atoms with E-state index in [0.717, 1.165) is 0 Å². The minimum Gasteiger partial charge on any atom is -0.383 e. The van der Waals surface area contributed by atoms with Crippen molar-refractivity contribution in [1.82, 2.24) is 5.32 Å². The number of amides is 1. The molecule has 1 saturated carbocycles. The number of halogens is 4. The molecule has 20 heavy (non-hydrogen) atoms. The van der Waals surface area contributed by atoms with Crippen LogP contribution in [0.25, 0.3) is 0 Å². The molecule has 0 radical (unpaired) electrons. The molecule has 1 aliphatic rings. The van der Waals surface area contributed by atoms with E-state index in [4.69, 9.17) is 10.5 Å². The predicted octanol–water partition coefficient (Wildman–Crippen LogP) is 1.87. The summed E-state index contributed by atoms with van der Waals surface area (Å²) in [6, 6.07) is -0.725. The number of rotatable bonds is 5. The van der Waals surface area contributed by atoms with E-state index in [2.05, 4.69) is 5.32 Å². The maximum atomic E-state index is 12.5. The zero-order valence-corrected chi connectivity index (χ0v) is 12.2. The zero-order valence-electron chi connectivity index (χ0n) is 11.4. The summed E-state index contributed by atoms with van der Waals surface area (Å²) < 4.78 is 42.2. The van der Waals surface area contributed by atoms with Crippen LogP contribution in [-0.2, 0) is 9.53 Å². The Kier molecular flexibility index (Phi) is 8.46. The monoisotopic (exact) mass is 318 g/mol. The first kappa shape index (κ1) is 19.5. The number of carbonyl (C=O) groups is 1. The van der Waals surface area contributed by atoms with Crippen molar-refractivity contribution in [2.24, 2.45) is 17.6 Å². The molecule has 1 unspecified atom stereocenters. The Morgan fingerprint density at radius 2 is 1.90 bits per heavy atom. The second kappa shape index (κ2) is 8.69. The lowest BCUT2D eigenvalue weighted by Gasteiger charge is -2.30. The van der Waals surface area contributed by atoms with Crippen molar-refractivity contribution in [3.8, 4) is 0 Å². The van der Waals surface area contributed by atoms with Crippen molar-refractivity contribution in [3.63, 3.8) is 0 Å². The average molecular weight is 319 g/mol. The van der Waals surface area contributed by atoms with Crippen LogP contribution in [0.3, 0.4) is 0 Å². The van der Waals surface area contributed by atoms with Crippen molar-refractivity contribution < 1.29 is 22.7 Å². The first-order valence-electron chi connectivity index (χ1n) is 6.43. The summed E-state index contributed by atoms with van der Waals surface area (Å²) in [7, 11) is 1.45. The molecule has 1 fully saturated rings. The Morgan fingerprint density at radius 1 is 1.35 bits per heavy atom. The highest BCUT2D eigenvalue weighted by Crippen LogP contribution is 2.39. The van der Waals surface area contributed by atoms with Gasteiger partial charge in [-0.15, -0.1) is 12.4 Å². The largest absolute Gasteiger partial charge is 0.391 e. The van der Waals surface area contributed by atoms with Crippen LogP contribution in [0, 0.1) is 11.8 Å². The summed E-state index contributed by atoms with van der Waals surface area (Å²) in [5.41, 5.74) is 5.54. The van der Waals surface area contributed by atoms with Crippen LogP contribution in [0.2, 0.25) is 0 Å². The number of nitrogens with one attached hydrogen (secondary N) is 1. The fraction of sp³-hybridized carbons (Fsp3) is 0.917. The molecular weight excluding hydrogens is 297 g/mol. The van der Waals surface area contributed by atoms with Gasteiger partial charge in [-0.1, -0.05) is 0 Å². The standard InChI is InChI=1S/C12H21F3N2O2.ClH/c1-19-7-10(16)11(18)17-6-8-2-4-9(5-3-8)12(13,14)15;/h8-10H,2-7,16H2,1H3,(H,17,18);1H. The predicted molar refractivity (Wildman–Crippen MR) is 71.6 cm³/mol. The van der Waals surface area contributed by atoms with Crippen molar-refractivity contribution in [2.75, 3.05) is 20.3 Å². The lowest BCUT2D eigenvalue weighted by molar-refractivity contribution is -0.183. The minimum atomic E-state index is -4.09. The molecule has 0 aromatic rings. The van der Waals surface area contributed by atoms with Crippen LogP contribution in [-0.4, -0.2) is 38.4 Å². The summed E-state index contributed by atoms with van der Waals surface area (Å²) in [5, 5.41) is 2.67. The SMILES string of the molecule is COCC(N)C(=O)NCC1CCC(C(F)(F)F)CC1.Cl. The van der Waals surface area contributed by atoms with Crippen LogP contribution >= 0.6 is 12.4 Å². The van der Waals surface area contributed by atoms with E-state index in [-0.39, 0.29) is 43.7 Å². The second-order valence-corrected chi connectivity index (χ2v) is 5.07. The number of alkyl halides is 3. The molecule has 0 aromatic carbocycles. The van der Waals surface area contributed by atoms with Gasteiger partial charge in [0.2, 0.25) is 5.91 Å². The van der Waals surface area contributed by atoms with Gasteiger partial charge in [0.15, 0.2) is 0 Å². The van der Waals surface area contributed by atoms with Crippen LogP contribution in [0.5, 0.6) is 0 Å². The molecule has 8 heteroatoms. The number of methoxy groups -OCH3 is 1. The maximum Gasteiger partial charge on any atom is 0.391 e. The van der Waals surface area contributed by atoms with E-state index in [1.807, 2.05) is 0 Å². The van der Waals surface area contributed by atoms with E-state index in [1.165, 1.54) is 7.11 Å². The molecule has 0 spiro atoms.